The van der Waals surface area contributed by atoms with Gasteiger partial charge in [0.1, 0.15) is 5.75 Å². The molecule has 1 N–H and O–H groups in total. The lowest BCUT2D eigenvalue weighted by Gasteiger charge is -2.08. The number of nitriles is 1. The van der Waals surface area contributed by atoms with Gasteiger partial charge in [-0.25, -0.2) is 0 Å². The van der Waals surface area contributed by atoms with Crippen molar-refractivity contribution < 1.29 is 9.53 Å². The number of nitrogens with one attached hydrogen (secondary N) is 1. The number of hydrogen-bond donors (Lipinski definition) is 1. The highest BCUT2D eigenvalue weighted by molar-refractivity contribution is 9.10. The van der Waals surface area contributed by atoms with Crippen molar-refractivity contribution in [3.8, 4) is 11.8 Å². The van der Waals surface area contributed by atoms with E-state index in [4.69, 9.17) is 10.00 Å². The van der Waals surface area contributed by atoms with Crippen LogP contribution in [0, 0.1) is 11.3 Å². The fraction of sp³-hybridized carbons (Fsp3) is 0.0667. The maximum absolute atomic E-state index is 11.7. The Morgan fingerprint density at radius 2 is 2.05 bits per heavy atom. The molecule has 0 aliphatic rings. The molecule has 0 heterocycles. The Bertz CT molecular complexity index is 665. The molecule has 2 rings (SSSR count). The van der Waals surface area contributed by atoms with E-state index < -0.39 is 0 Å². The number of halogens is 1. The topological polar surface area (TPSA) is 62.1 Å². The van der Waals surface area contributed by atoms with E-state index in [0.29, 0.717) is 17.0 Å². The van der Waals surface area contributed by atoms with Gasteiger partial charge in [0.25, 0.3) is 5.91 Å². The Labute approximate surface area is 125 Å². The van der Waals surface area contributed by atoms with E-state index >= 15 is 0 Å². The van der Waals surface area contributed by atoms with Gasteiger partial charge in [-0.05, 0) is 36.4 Å². The van der Waals surface area contributed by atoms with E-state index in [9.17, 15) is 4.79 Å². The van der Waals surface area contributed by atoms with E-state index in [1.54, 1.807) is 36.4 Å². The molecule has 0 atom stereocenters. The third-order valence-corrected chi connectivity index (χ3v) is 2.93. The second-order valence-electron chi connectivity index (χ2n) is 3.99. The highest BCUT2D eigenvalue weighted by Gasteiger charge is 2.04. The number of hydrogen-bond acceptors (Lipinski definition) is 3. The minimum atomic E-state index is -0.259. The molecule has 1 amide bonds. The van der Waals surface area contributed by atoms with Gasteiger partial charge < -0.3 is 10.1 Å². The van der Waals surface area contributed by atoms with Crippen LogP contribution in [0.2, 0.25) is 0 Å². The molecule has 0 fully saturated rings. The van der Waals surface area contributed by atoms with Crippen LogP contribution in [0.1, 0.15) is 5.56 Å². The molecule has 0 aliphatic carbocycles. The predicted molar refractivity (Wildman–Crippen MR) is 79.4 cm³/mol. The molecule has 5 heteroatoms. The second-order valence-corrected chi connectivity index (χ2v) is 4.90. The highest BCUT2D eigenvalue weighted by Crippen LogP contribution is 2.16. The third kappa shape index (κ3) is 4.11. The molecule has 0 unspecified atom stereocenters. The predicted octanol–water partition coefficient (Wildman–Crippen LogP) is 3.34. The van der Waals surface area contributed by atoms with Crippen LogP contribution in [0.4, 0.5) is 5.69 Å². The summed E-state index contributed by atoms with van der Waals surface area (Å²) in [6.07, 6.45) is 0. The molecular formula is C15H11BrN2O2. The van der Waals surface area contributed by atoms with Crippen LogP contribution in [0.25, 0.3) is 0 Å². The van der Waals surface area contributed by atoms with Gasteiger partial charge in [0, 0.05) is 10.2 Å². The highest BCUT2D eigenvalue weighted by atomic mass is 79.9. The SMILES string of the molecule is N#Cc1cccc(OCC(=O)Nc2cccc(Br)c2)c1. The van der Waals surface area contributed by atoms with Crippen LogP contribution < -0.4 is 10.1 Å². The van der Waals surface area contributed by atoms with E-state index in [-0.39, 0.29) is 12.5 Å². The van der Waals surface area contributed by atoms with Crippen LogP contribution >= 0.6 is 15.9 Å². The van der Waals surface area contributed by atoms with Gasteiger partial charge in [-0.2, -0.15) is 5.26 Å². The zero-order valence-corrected chi connectivity index (χ0v) is 12.1. The first kappa shape index (κ1) is 14.1. The quantitative estimate of drug-likeness (QED) is 0.935. The Hall–Kier alpha value is -2.32. The molecule has 0 bridgehead atoms. The maximum atomic E-state index is 11.7. The van der Waals surface area contributed by atoms with Crippen LogP contribution in [-0.4, -0.2) is 12.5 Å². The number of nitrogens with zero attached hydrogens (tertiary/aromatic N) is 1. The molecule has 100 valence electrons. The minimum Gasteiger partial charge on any atom is -0.484 e. The number of anilines is 1. The summed E-state index contributed by atoms with van der Waals surface area (Å²) in [6, 6.07) is 16.0. The van der Waals surface area contributed by atoms with Crippen molar-refractivity contribution in [1.29, 1.82) is 5.26 Å². The average Bonchev–Trinajstić information content (AvgIpc) is 2.45. The Kier molecular flexibility index (Phi) is 4.75. The first-order valence-corrected chi connectivity index (χ1v) is 6.65. The van der Waals surface area contributed by atoms with Crippen molar-refractivity contribution in [3.05, 3.63) is 58.6 Å². The summed E-state index contributed by atoms with van der Waals surface area (Å²) in [7, 11) is 0. The number of carbonyl (C=O) groups excluding carboxylic acids is 1. The van der Waals surface area contributed by atoms with Gasteiger partial charge in [-0.1, -0.05) is 28.1 Å². The second kappa shape index (κ2) is 6.73. The standard InChI is InChI=1S/C15H11BrN2O2/c16-12-4-2-5-13(8-12)18-15(19)10-20-14-6-1-3-11(7-14)9-17/h1-8H,10H2,(H,18,19). The van der Waals surface area contributed by atoms with Crippen molar-refractivity contribution in [2.24, 2.45) is 0 Å². The summed E-state index contributed by atoms with van der Waals surface area (Å²) >= 11 is 3.33. The first-order chi connectivity index (χ1) is 9.67. The zero-order valence-electron chi connectivity index (χ0n) is 10.5. The van der Waals surface area contributed by atoms with Gasteiger partial charge in [0.2, 0.25) is 0 Å². The summed E-state index contributed by atoms with van der Waals surface area (Å²) in [5, 5.41) is 11.5. The van der Waals surface area contributed by atoms with E-state index in [1.807, 2.05) is 18.2 Å². The number of carbonyl (C=O) groups is 1. The molecule has 4 nitrogen and oxygen atoms in total. The monoisotopic (exact) mass is 330 g/mol. The van der Waals surface area contributed by atoms with Gasteiger partial charge in [0.15, 0.2) is 6.61 Å². The van der Waals surface area contributed by atoms with Crippen molar-refractivity contribution in [2.45, 2.75) is 0 Å². The summed E-state index contributed by atoms with van der Waals surface area (Å²) in [6.45, 7) is -0.110. The molecule has 2 aromatic rings. The lowest BCUT2D eigenvalue weighted by molar-refractivity contribution is -0.118. The largest absolute Gasteiger partial charge is 0.484 e. The van der Waals surface area contributed by atoms with Crippen molar-refractivity contribution in [2.75, 3.05) is 11.9 Å². The summed E-state index contributed by atoms with van der Waals surface area (Å²) < 4.78 is 6.22. The van der Waals surface area contributed by atoms with Gasteiger partial charge in [0.05, 0.1) is 11.6 Å². The molecule has 0 radical (unpaired) electrons. The maximum Gasteiger partial charge on any atom is 0.262 e. The van der Waals surface area contributed by atoms with Crippen LogP contribution in [0.15, 0.2) is 53.0 Å². The van der Waals surface area contributed by atoms with Crippen molar-refractivity contribution in [1.82, 2.24) is 0 Å². The van der Waals surface area contributed by atoms with E-state index in [1.165, 1.54) is 0 Å². The van der Waals surface area contributed by atoms with Gasteiger partial charge >= 0.3 is 0 Å². The molecule has 0 spiro atoms. The van der Waals surface area contributed by atoms with Crippen LogP contribution in [0.5, 0.6) is 5.75 Å². The number of ether oxygens (including phenoxy) is 1. The Morgan fingerprint density at radius 3 is 2.80 bits per heavy atom. The molecular weight excluding hydrogens is 320 g/mol. The lowest BCUT2D eigenvalue weighted by atomic mass is 10.2. The minimum absolute atomic E-state index is 0.110. The molecule has 0 aromatic heterocycles. The average molecular weight is 331 g/mol. The summed E-state index contributed by atoms with van der Waals surface area (Å²) in [5.74, 6) is 0.235. The first-order valence-electron chi connectivity index (χ1n) is 5.86. The van der Waals surface area contributed by atoms with Gasteiger partial charge in [-0.3, -0.25) is 4.79 Å². The van der Waals surface area contributed by atoms with E-state index in [2.05, 4.69) is 21.2 Å². The third-order valence-electron chi connectivity index (χ3n) is 2.44. The van der Waals surface area contributed by atoms with Gasteiger partial charge in [-0.15, -0.1) is 0 Å². The number of rotatable bonds is 4. The molecule has 0 aliphatic heterocycles. The van der Waals surface area contributed by atoms with Crippen molar-refractivity contribution >= 4 is 27.5 Å². The molecule has 20 heavy (non-hydrogen) atoms. The fourth-order valence-corrected chi connectivity index (χ4v) is 1.97. The number of amides is 1. The molecule has 0 saturated carbocycles. The van der Waals surface area contributed by atoms with E-state index in [0.717, 1.165) is 4.47 Å². The zero-order chi connectivity index (χ0) is 14.4. The number of benzene rings is 2. The molecule has 2 aromatic carbocycles. The fourth-order valence-electron chi connectivity index (χ4n) is 1.57. The smallest absolute Gasteiger partial charge is 0.262 e. The lowest BCUT2D eigenvalue weighted by Crippen LogP contribution is -2.20. The van der Waals surface area contributed by atoms with Crippen LogP contribution in [-0.2, 0) is 4.79 Å². The normalized spacial score (nSPS) is 9.60. The van der Waals surface area contributed by atoms with Crippen molar-refractivity contribution in [3.63, 3.8) is 0 Å². The van der Waals surface area contributed by atoms with Crippen LogP contribution in [0.3, 0.4) is 0 Å². The summed E-state index contributed by atoms with van der Waals surface area (Å²) in [4.78, 5) is 11.7. The Morgan fingerprint density at radius 1 is 1.25 bits per heavy atom. The Balaban J connectivity index is 1.90. The molecule has 0 saturated heterocycles. The summed E-state index contributed by atoms with van der Waals surface area (Å²) in [5.41, 5.74) is 1.19.